The van der Waals surface area contributed by atoms with Crippen LogP contribution < -0.4 is 10.9 Å². The van der Waals surface area contributed by atoms with Gasteiger partial charge in [0.05, 0.1) is 20.4 Å². The van der Waals surface area contributed by atoms with Crippen LogP contribution in [0.25, 0.3) is 0 Å². The average molecular weight is 310 g/mol. The summed E-state index contributed by atoms with van der Waals surface area (Å²) in [7, 11) is 2.91. The number of thiocarbonyl (C=S) groups is 2. The fourth-order valence-electron chi connectivity index (χ4n) is 1.12. The largest absolute Gasteiger partial charge is 0.473 e. The van der Waals surface area contributed by atoms with Crippen LogP contribution in [-0.4, -0.2) is 36.5 Å². The summed E-state index contributed by atoms with van der Waals surface area (Å²) in [5.74, 6) is 0. The molecule has 1 rings (SSSR count). The Morgan fingerprint density at radius 2 is 1.65 bits per heavy atom. The molecule has 0 fully saturated rings. The molecule has 0 aromatic heterocycles. The molecule has 2 N–H and O–H groups in total. The van der Waals surface area contributed by atoms with Gasteiger partial charge in [-0.25, -0.2) is 10.9 Å². The van der Waals surface area contributed by atoms with Crippen molar-refractivity contribution in [2.75, 3.05) is 14.2 Å². The van der Waals surface area contributed by atoms with Gasteiger partial charge in [0.2, 0.25) is 0 Å². The molecule has 0 unspecified atom stereocenters. The Bertz CT molecular complexity index is 517. The molecule has 0 saturated carbocycles. The second-order valence-corrected chi connectivity index (χ2v) is 4.07. The van der Waals surface area contributed by atoms with Crippen molar-refractivity contribution in [3.05, 3.63) is 35.9 Å². The first-order chi connectivity index (χ1) is 9.67. The lowest BCUT2D eigenvalue weighted by Crippen LogP contribution is -2.21. The minimum atomic E-state index is 0.159. The molecule has 20 heavy (non-hydrogen) atoms. The van der Waals surface area contributed by atoms with Crippen LogP contribution in [-0.2, 0) is 9.47 Å². The quantitative estimate of drug-likeness (QED) is 0.498. The molecule has 8 heteroatoms. The molecule has 0 aliphatic carbocycles. The van der Waals surface area contributed by atoms with Crippen LogP contribution in [0.15, 0.2) is 40.5 Å². The second kappa shape index (κ2) is 8.94. The first kappa shape index (κ1) is 16.0. The fraction of sp³-hybridized carbons (Fsp3) is 0.167. The summed E-state index contributed by atoms with van der Waals surface area (Å²) in [5.41, 5.74) is 6.54. The van der Waals surface area contributed by atoms with E-state index in [2.05, 4.69) is 21.1 Å². The molecule has 0 heterocycles. The summed E-state index contributed by atoms with van der Waals surface area (Å²) >= 11 is 9.66. The molecule has 106 valence electrons. The summed E-state index contributed by atoms with van der Waals surface area (Å²) in [6.07, 6.45) is 1.49. The smallest absolute Gasteiger partial charge is 0.277 e. The highest BCUT2D eigenvalue weighted by Crippen LogP contribution is 1.99. The predicted molar refractivity (Wildman–Crippen MR) is 87.0 cm³/mol. The Morgan fingerprint density at radius 1 is 1.05 bits per heavy atom. The van der Waals surface area contributed by atoms with Gasteiger partial charge in [-0.1, -0.05) is 30.3 Å². The molecule has 0 spiro atoms. The van der Waals surface area contributed by atoms with E-state index in [-0.39, 0.29) is 10.3 Å². The van der Waals surface area contributed by atoms with Crippen molar-refractivity contribution in [1.29, 1.82) is 0 Å². The maximum absolute atomic E-state index is 4.86. The third-order valence-corrected chi connectivity index (χ3v) is 2.57. The van der Waals surface area contributed by atoms with Crippen molar-refractivity contribution in [1.82, 2.24) is 10.9 Å². The number of nitrogens with zero attached hydrogens (tertiary/aromatic N) is 2. The van der Waals surface area contributed by atoms with Gasteiger partial charge in [-0.3, -0.25) is 0 Å². The monoisotopic (exact) mass is 310 g/mol. The molecule has 0 saturated heterocycles. The van der Waals surface area contributed by atoms with Crippen molar-refractivity contribution in [2.45, 2.75) is 0 Å². The second-order valence-electron chi connectivity index (χ2n) is 3.33. The molecule has 0 aliphatic heterocycles. The van der Waals surface area contributed by atoms with Crippen LogP contribution in [0.5, 0.6) is 0 Å². The number of hydrogen-bond acceptors (Lipinski definition) is 6. The SMILES string of the molecule is COC(=S)NN=CC(=NNC(=S)OC)c1ccccc1. The first-order valence-electron chi connectivity index (χ1n) is 5.51. The zero-order valence-electron chi connectivity index (χ0n) is 11.0. The zero-order chi connectivity index (χ0) is 14.8. The highest BCUT2D eigenvalue weighted by Gasteiger charge is 2.01. The summed E-state index contributed by atoms with van der Waals surface area (Å²) in [5, 5.41) is 8.36. The van der Waals surface area contributed by atoms with Gasteiger partial charge < -0.3 is 9.47 Å². The number of hydrazone groups is 2. The van der Waals surface area contributed by atoms with Gasteiger partial charge in [0.15, 0.2) is 0 Å². The molecule has 0 amide bonds. The summed E-state index contributed by atoms with van der Waals surface area (Å²) in [6.45, 7) is 0. The van der Waals surface area contributed by atoms with Crippen LogP contribution in [0.4, 0.5) is 0 Å². The summed E-state index contributed by atoms with van der Waals surface area (Å²) in [6, 6.07) is 9.46. The predicted octanol–water partition coefficient (Wildman–Crippen LogP) is 1.42. The molecule has 1 aromatic rings. The van der Waals surface area contributed by atoms with E-state index in [1.54, 1.807) is 0 Å². The average Bonchev–Trinajstić information content (AvgIpc) is 2.50. The van der Waals surface area contributed by atoms with Gasteiger partial charge in [-0.05, 0) is 24.4 Å². The van der Waals surface area contributed by atoms with E-state index < -0.39 is 0 Å². The Kier molecular flexibility index (Phi) is 7.15. The number of ether oxygens (including phenoxy) is 2. The van der Waals surface area contributed by atoms with Crippen molar-refractivity contribution in [3.63, 3.8) is 0 Å². The molecule has 0 bridgehead atoms. The van der Waals surface area contributed by atoms with Crippen LogP contribution in [0, 0.1) is 0 Å². The third-order valence-electron chi connectivity index (χ3n) is 2.05. The molecular formula is C12H14N4O2S2. The lowest BCUT2D eigenvalue weighted by Gasteiger charge is -2.04. The lowest BCUT2D eigenvalue weighted by atomic mass is 10.1. The van der Waals surface area contributed by atoms with Gasteiger partial charge in [-0.2, -0.15) is 10.2 Å². The third kappa shape index (κ3) is 5.72. The van der Waals surface area contributed by atoms with Gasteiger partial charge >= 0.3 is 0 Å². The minimum absolute atomic E-state index is 0.159. The van der Waals surface area contributed by atoms with Gasteiger partial charge in [0, 0.05) is 5.56 Å². The van der Waals surface area contributed by atoms with E-state index in [9.17, 15) is 0 Å². The van der Waals surface area contributed by atoms with Crippen LogP contribution in [0.1, 0.15) is 5.56 Å². The number of nitrogens with one attached hydrogen (secondary N) is 2. The van der Waals surface area contributed by atoms with Crippen molar-refractivity contribution < 1.29 is 9.47 Å². The molecule has 0 radical (unpaired) electrons. The van der Waals surface area contributed by atoms with Crippen molar-refractivity contribution >= 4 is 46.7 Å². The van der Waals surface area contributed by atoms with Crippen LogP contribution >= 0.6 is 24.4 Å². The normalized spacial score (nSPS) is 11.0. The highest BCUT2D eigenvalue weighted by atomic mass is 32.1. The Hall–Kier alpha value is -2.06. The summed E-state index contributed by atoms with van der Waals surface area (Å²) < 4.78 is 9.57. The van der Waals surface area contributed by atoms with Crippen LogP contribution in [0.3, 0.4) is 0 Å². The van der Waals surface area contributed by atoms with E-state index in [1.165, 1.54) is 20.4 Å². The maximum atomic E-state index is 4.86. The first-order valence-corrected chi connectivity index (χ1v) is 6.33. The standard InChI is InChI=1S/C12H14N4O2S2/c1-17-11(19)15-13-8-10(14-16-12(20)18-2)9-6-4-3-5-7-9/h3-8H,1-2H3,(H,15,19)(H,16,20). The topological polar surface area (TPSA) is 67.2 Å². The number of hydrogen-bond donors (Lipinski definition) is 2. The number of methoxy groups -OCH3 is 2. The summed E-state index contributed by atoms with van der Waals surface area (Å²) in [4.78, 5) is 0. The van der Waals surface area contributed by atoms with E-state index in [0.717, 1.165) is 5.56 Å². The highest BCUT2D eigenvalue weighted by molar-refractivity contribution is 7.80. The minimum Gasteiger partial charge on any atom is -0.473 e. The van der Waals surface area contributed by atoms with E-state index >= 15 is 0 Å². The Balaban J connectivity index is 2.85. The van der Waals surface area contributed by atoms with E-state index in [1.807, 2.05) is 30.3 Å². The Labute approximate surface area is 127 Å². The molecule has 0 atom stereocenters. The lowest BCUT2D eigenvalue weighted by molar-refractivity contribution is 0.394. The maximum Gasteiger partial charge on any atom is 0.277 e. The van der Waals surface area contributed by atoms with E-state index in [4.69, 9.17) is 33.9 Å². The van der Waals surface area contributed by atoms with Gasteiger partial charge in [0.1, 0.15) is 5.71 Å². The van der Waals surface area contributed by atoms with Gasteiger partial charge in [-0.15, -0.1) is 0 Å². The molecule has 0 aliphatic rings. The number of benzene rings is 1. The van der Waals surface area contributed by atoms with Crippen molar-refractivity contribution in [2.24, 2.45) is 10.2 Å². The van der Waals surface area contributed by atoms with Crippen molar-refractivity contribution in [3.8, 4) is 0 Å². The Morgan fingerprint density at radius 3 is 2.25 bits per heavy atom. The zero-order valence-corrected chi connectivity index (χ0v) is 12.6. The van der Waals surface area contributed by atoms with Gasteiger partial charge in [0.25, 0.3) is 10.3 Å². The van der Waals surface area contributed by atoms with Crippen LogP contribution in [0.2, 0.25) is 0 Å². The molecular weight excluding hydrogens is 296 g/mol. The fourth-order valence-corrected chi connectivity index (χ4v) is 1.22. The number of rotatable bonds is 4. The molecule has 1 aromatic carbocycles. The molecule has 6 nitrogen and oxygen atoms in total. The van der Waals surface area contributed by atoms with E-state index in [0.29, 0.717) is 5.71 Å².